The number of aryl methyl sites for hydroxylation is 1. The normalized spacial score (nSPS) is 9.54. The van der Waals surface area contributed by atoms with Crippen LogP contribution in [-0.2, 0) is 7.05 Å². The summed E-state index contributed by atoms with van der Waals surface area (Å²) in [6.45, 7) is 0. The van der Waals surface area contributed by atoms with Gasteiger partial charge in [-0.15, -0.1) is 0 Å². The number of benzene rings is 1. The van der Waals surface area contributed by atoms with E-state index in [4.69, 9.17) is 0 Å². The molecule has 13 heavy (non-hydrogen) atoms. The van der Waals surface area contributed by atoms with Crippen LogP contribution in [0.25, 0.3) is 11.0 Å². The van der Waals surface area contributed by atoms with E-state index < -0.39 is 0 Å². The van der Waals surface area contributed by atoms with E-state index in [1.807, 2.05) is 0 Å². The highest BCUT2D eigenvalue weighted by atomic mass is 19.1. The molecular weight excluding hydrogens is 169 g/mol. The summed E-state index contributed by atoms with van der Waals surface area (Å²) >= 11 is 0. The van der Waals surface area contributed by atoms with E-state index in [1.165, 1.54) is 13.1 Å². The molecule has 1 aromatic carbocycles. The molecule has 1 heterocycles. The van der Waals surface area contributed by atoms with Gasteiger partial charge < -0.3 is 10.3 Å². The standard InChI is InChI=1S/C8H7FN2.CH5N/c1-11-5-10-7-4-2-3-6(9)8(7)11;1-2/h2-5H,1H3;2H2,1H3. The van der Waals surface area contributed by atoms with E-state index >= 15 is 0 Å². The van der Waals surface area contributed by atoms with Crippen molar-refractivity contribution in [1.82, 2.24) is 9.55 Å². The first-order chi connectivity index (χ1) is 6.29. The number of fused-ring (bicyclic) bond motifs is 1. The van der Waals surface area contributed by atoms with Crippen molar-refractivity contribution in [2.45, 2.75) is 0 Å². The van der Waals surface area contributed by atoms with E-state index in [0.29, 0.717) is 11.0 Å². The number of nitrogens with zero attached hydrogens (tertiary/aromatic N) is 2. The van der Waals surface area contributed by atoms with E-state index in [0.717, 1.165) is 0 Å². The average Bonchev–Trinajstić information content (AvgIpc) is 2.53. The van der Waals surface area contributed by atoms with Crippen molar-refractivity contribution >= 4 is 11.0 Å². The first-order valence-corrected chi connectivity index (χ1v) is 3.92. The topological polar surface area (TPSA) is 43.8 Å². The molecule has 0 aliphatic carbocycles. The van der Waals surface area contributed by atoms with Crippen LogP contribution in [0.1, 0.15) is 0 Å². The molecule has 2 rings (SSSR count). The Labute approximate surface area is 76.0 Å². The smallest absolute Gasteiger partial charge is 0.149 e. The van der Waals surface area contributed by atoms with Gasteiger partial charge >= 0.3 is 0 Å². The average molecular weight is 181 g/mol. The highest BCUT2D eigenvalue weighted by Gasteiger charge is 2.02. The SMILES string of the molecule is CN.Cn1cnc2cccc(F)c21. The van der Waals surface area contributed by atoms with Crippen molar-refractivity contribution in [2.75, 3.05) is 7.05 Å². The molecule has 0 radical (unpaired) electrons. The Hall–Kier alpha value is -1.42. The van der Waals surface area contributed by atoms with Gasteiger partial charge in [0.2, 0.25) is 0 Å². The summed E-state index contributed by atoms with van der Waals surface area (Å²) in [7, 11) is 3.28. The van der Waals surface area contributed by atoms with Crippen LogP contribution in [-0.4, -0.2) is 16.6 Å². The molecule has 0 aliphatic heterocycles. The largest absolute Gasteiger partial charge is 0.333 e. The third-order valence-electron chi connectivity index (χ3n) is 1.69. The lowest BCUT2D eigenvalue weighted by atomic mass is 10.3. The van der Waals surface area contributed by atoms with Crippen LogP contribution in [0.5, 0.6) is 0 Å². The van der Waals surface area contributed by atoms with E-state index in [-0.39, 0.29) is 5.82 Å². The molecule has 1 aromatic heterocycles. The fourth-order valence-corrected chi connectivity index (χ4v) is 1.16. The van der Waals surface area contributed by atoms with Crippen LogP contribution in [0.3, 0.4) is 0 Å². The number of halogens is 1. The van der Waals surface area contributed by atoms with Crippen molar-refractivity contribution < 1.29 is 4.39 Å². The summed E-state index contributed by atoms with van der Waals surface area (Å²) in [4.78, 5) is 4.00. The van der Waals surface area contributed by atoms with Gasteiger partial charge in [-0.2, -0.15) is 0 Å². The zero-order valence-corrected chi connectivity index (χ0v) is 7.66. The Kier molecular flexibility index (Phi) is 2.97. The summed E-state index contributed by atoms with van der Waals surface area (Å²) in [6.07, 6.45) is 1.60. The molecule has 4 heteroatoms. The monoisotopic (exact) mass is 181 g/mol. The maximum atomic E-state index is 13.0. The van der Waals surface area contributed by atoms with Gasteiger partial charge in [0, 0.05) is 7.05 Å². The fraction of sp³-hybridized carbons (Fsp3) is 0.222. The summed E-state index contributed by atoms with van der Waals surface area (Å²) in [5.74, 6) is -0.220. The number of para-hydroxylation sites is 1. The number of nitrogens with two attached hydrogens (primary N) is 1. The van der Waals surface area contributed by atoms with Crippen molar-refractivity contribution in [3.63, 3.8) is 0 Å². The summed E-state index contributed by atoms with van der Waals surface area (Å²) < 4.78 is 14.7. The Morgan fingerprint density at radius 3 is 2.69 bits per heavy atom. The highest BCUT2D eigenvalue weighted by Crippen LogP contribution is 2.14. The minimum Gasteiger partial charge on any atom is -0.333 e. The quantitative estimate of drug-likeness (QED) is 0.665. The number of hydrogen-bond donors (Lipinski definition) is 1. The molecule has 0 atom stereocenters. The van der Waals surface area contributed by atoms with Crippen LogP contribution in [0, 0.1) is 5.82 Å². The number of imidazole rings is 1. The number of aromatic nitrogens is 2. The van der Waals surface area contributed by atoms with Gasteiger partial charge in [-0.3, -0.25) is 0 Å². The Morgan fingerprint density at radius 1 is 1.38 bits per heavy atom. The minimum atomic E-state index is -0.220. The van der Waals surface area contributed by atoms with Gasteiger partial charge in [0.05, 0.1) is 11.8 Å². The van der Waals surface area contributed by atoms with Crippen molar-refractivity contribution in [1.29, 1.82) is 0 Å². The van der Waals surface area contributed by atoms with E-state index in [9.17, 15) is 4.39 Å². The lowest BCUT2D eigenvalue weighted by Crippen LogP contribution is -1.86. The number of rotatable bonds is 0. The summed E-state index contributed by atoms with van der Waals surface area (Å²) in [6, 6.07) is 4.88. The molecule has 70 valence electrons. The van der Waals surface area contributed by atoms with Gasteiger partial charge in [0.1, 0.15) is 11.3 Å². The first kappa shape index (κ1) is 9.67. The Morgan fingerprint density at radius 2 is 2.08 bits per heavy atom. The predicted octanol–water partition coefficient (Wildman–Crippen LogP) is 1.29. The van der Waals surface area contributed by atoms with Crippen LogP contribution in [0.4, 0.5) is 4.39 Å². The summed E-state index contributed by atoms with van der Waals surface area (Å²) in [5.41, 5.74) is 5.76. The van der Waals surface area contributed by atoms with Crippen LogP contribution in [0.2, 0.25) is 0 Å². The third-order valence-corrected chi connectivity index (χ3v) is 1.69. The van der Waals surface area contributed by atoms with Crippen LogP contribution in [0.15, 0.2) is 24.5 Å². The second-order valence-corrected chi connectivity index (χ2v) is 2.46. The third kappa shape index (κ3) is 1.67. The zero-order valence-electron chi connectivity index (χ0n) is 7.66. The van der Waals surface area contributed by atoms with E-state index in [1.54, 1.807) is 30.1 Å². The maximum absolute atomic E-state index is 13.0. The molecule has 2 aromatic rings. The molecule has 0 fully saturated rings. The van der Waals surface area contributed by atoms with Crippen molar-refractivity contribution in [3.8, 4) is 0 Å². The molecule has 0 saturated carbocycles. The van der Waals surface area contributed by atoms with Crippen LogP contribution >= 0.6 is 0 Å². The van der Waals surface area contributed by atoms with Gasteiger partial charge in [-0.1, -0.05) is 6.07 Å². The molecule has 0 aliphatic rings. The highest BCUT2D eigenvalue weighted by molar-refractivity contribution is 5.75. The summed E-state index contributed by atoms with van der Waals surface area (Å²) in [5, 5.41) is 0. The first-order valence-electron chi connectivity index (χ1n) is 3.92. The molecule has 2 N–H and O–H groups in total. The maximum Gasteiger partial charge on any atom is 0.149 e. The zero-order chi connectivity index (χ0) is 9.84. The number of hydrogen-bond acceptors (Lipinski definition) is 2. The fourth-order valence-electron chi connectivity index (χ4n) is 1.16. The van der Waals surface area contributed by atoms with Crippen molar-refractivity contribution in [2.24, 2.45) is 12.8 Å². The molecule has 3 nitrogen and oxygen atoms in total. The lowest BCUT2D eigenvalue weighted by Gasteiger charge is -1.93. The van der Waals surface area contributed by atoms with Crippen molar-refractivity contribution in [3.05, 3.63) is 30.3 Å². The predicted molar refractivity (Wildman–Crippen MR) is 50.8 cm³/mol. The van der Waals surface area contributed by atoms with Crippen LogP contribution < -0.4 is 5.73 Å². The molecule has 0 amide bonds. The molecule has 0 bridgehead atoms. The Bertz CT molecular complexity index is 395. The molecular formula is C9H12FN3. The van der Waals surface area contributed by atoms with E-state index in [2.05, 4.69) is 10.7 Å². The van der Waals surface area contributed by atoms with Gasteiger partial charge in [0.25, 0.3) is 0 Å². The molecule has 0 spiro atoms. The molecule has 0 unspecified atom stereocenters. The lowest BCUT2D eigenvalue weighted by molar-refractivity contribution is 0.632. The van der Waals surface area contributed by atoms with Gasteiger partial charge in [0.15, 0.2) is 0 Å². The Balaban J connectivity index is 0.000000396. The van der Waals surface area contributed by atoms with Gasteiger partial charge in [-0.25, -0.2) is 9.37 Å². The second-order valence-electron chi connectivity index (χ2n) is 2.46. The van der Waals surface area contributed by atoms with Gasteiger partial charge in [-0.05, 0) is 19.2 Å². The second kappa shape index (κ2) is 4.00. The minimum absolute atomic E-state index is 0.220. The molecule has 0 saturated heterocycles.